The smallest absolute Gasteiger partial charge is 0.350 e. The van der Waals surface area contributed by atoms with E-state index in [0.717, 1.165) is 25.7 Å². The predicted octanol–water partition coefficient (Wildman–Crippen LogP) is 2.70. The van der Waals surface area contributed by atoms with Gasteiger partial charge in [0.2, 0.25) is 6.10 Å². The summed E-state index contributed by atoms with van der Waals surface area (Å²) >= 11 is 0. The van der Waals surface area contributed by atoms with Crippen molar-refractivity contribution in [3.63, 3.8) is 0 Å². The summed E-state index contributed by atoms with van der Waals surface area (Å²) in [5, 5.41) is 0. The molecule has 4 aliphatic rings. The third kappa shape index (κ3) is 3.38. The zero-order chi connectivity index (χ0) is 19.4. The van der Waals surface area contributed by atoms with Gasteiger partial charge in [-0.05, 0) is 39.0 Å². The molecule has 27 heavy (non-hydrogen) atoms. The summed E-state index contributed by atoms with van der Waals surface area (Å²) < 4.78 is 29.3. The van der Waals surface area contributed by atoms with Crippen LogP contribution in [0.15, 0.2) is 0 Å². The van der Waals surface area contributed by atoms with Crippen LogP contribution in [-0.2, 0) is 33.3 Å². The quantitative estimate of drug-likeness (QED) is 0.692. The summed E-state index contributed by atoms with van der Waals surface area (Å²) in [7, 11) is 0. The Hall–Kier alpha value is -1.18. The van der Waals surface area contributed by atoms with Crippen LogP contribution in [0.25, 0.3) is 0 Å². The number of rotatable bonds is 4. The van der Waals surface area contributed by atoms with E-state index >= 15 is 0 Å². The maximum absolute atomic E-state index is 12.6. The molecule has 1 aliphatic carbocycles. The Labute approximate surface area is 160 Å². The molecule has 1 saturated carbocycles. The number of carbonyl (C=O) groups is 2. The van der Waals surface area contributed by atoms with Gasteiger partial charge in [-0.2, -0.15) is 0 Å². The van der Waals surface area contributed by atoms with Gasteiger partial charge in [-0.15, -0.1) is 0 Å². The fourth-order valence-corrected chi connectivity index (χ4v) is 4.89. The van der Waals surface area contributed by atoms with E-state index in [1.165, 1.54) is 6.42 Å². The number of carbonyl (C=O) groups excluding carboxylic acids is 2. The molecule has 1 spiro atoms. The molecule has 3 saturated heterocycles. The first-order valence-corrected chi connectivity index (χ1v) is 10.1. The Kier molecular flexibility index (Phi) is 4.76. The van der Waals surface area contributed by atoms with Crippen molar-refractivity contribution in [2.24, 2.45) is 11.3 Å². The number of fused-ring (bicyclic) bond motifs is 3. The molecule has 7 heteroatoms. The molecule has 0 aromatic heterocycles. The maximum atomic E-state index is 12.6. The first kappa shape index (κ1) is 19.2. The molecule has 0 bridgehead atoms. The van der Waals surface area contributed by atoms with Gasteiger partial charge < -0.3 is 23.7 Å². The number of hydrogen-bond donors (Lipinski definition) is 0. The van der Waals surface area contributed by atoms with Gasteiger partial charge in [-0.25, -0.2) is 4.79 Å². The summed E-state index contributed by atoms with van der Waals surface area (Å²) in [6, 6.07) is 0. The minimum atomic E-state index is -1.06. The molecule has 0 aromatic rings. The molecule has 4 fully saturated rings. The zero-order valence-corrected chi connectivity index (χ0v) is 16.6. The van der Waals surface area contributed by atoms with E-state index in [1.54, 1.807) is 0 Å². The van der Waals surface area contributed by atoms with E-state index in [2.05, 4.69) is 0 Å². The van der Waals surface area contributed by atoms with Crippen LogP contribution >= 0.6 is 0 Å². The van der Waals surface area contributed by atoms with E-state index in [-0.39, 0.29) is 0 Å². The van der Waals surface area contributed by atoms with Gasteiger partial charge in [0.15, 0.2) is 24.3 Å². The molecule has 0 N–H and O–H groups in total. The highest BCUT2D eigenvalue weighted by atomic mass is 16.9. The first-order chi connectivity index (χ1) is 12.7. The summed E-state index contributed by atoms with van der Waals surface area (Å²) in [4.78, 5) is 25.0. The van der Waals surface area contributed by atoms with Crippen molar-refractivity contribution in [2.75, 3.05) is 0 Å². The van der Waals surface area contributed by atoms with Crippen LogP contribution in [0.1, 0.15) is 66.2 Å². The normalized spacial score (nSPS) is 37.4. The van der Waals surface area contributed by atoms with Crippen molar-refractivity contribution in [1.82, 2.24) is 0 Å². The molecule has 1 unspecified atom stereocenters. The summed E-state index contributed by atoms with van der Waals surface area (Å²) in [5.41, 5.74) is -0.680. The second-order valence-electron chi connectivity index (χ2n) is 9.35. The van der Waals surface area contributed by atoms with Crippen molar-refractivity contribution in [2.45, 2.75) is 103 Å². The van der Waals surface area contributed by atoms with Crippen LogP contribution in [0.3, 0.4) is 0 Å². The van der Waals surface area contributed by atoms with Gasteiger partial charge in [0.25, 0.3) is 0 Å². The average molecular weight is 382 g/mol. The van der Waals surface area contributed by atoms with E-state index in [4.69, 9.17) is 23.7 Å². The van der Waals surface area contributed by atoms with Crippen molar-refractivity contribution < 1.29 is 33.3 Å². The highest BCUT2D eigenvalue weighted by molar-refractivity contribution is 5.84. The zero-order valence-electron chi connectivity index (χ0n) is 16.6. The molecule has 152 valence electrons. The van der Waals surface area contributed by atoms with Crippen molar-refractivity contribution in [3.05, 3.63) is 0 Å². The highest BCUT2D eigenvalue weighted by Gasteiger charge is 2.65. The van der Waals surface area contributed by atoms with Crippen LogP contribution in [0.2, 0.25) is 0 Å². The Bertz CT molecular complexity index is 607. The fourth-order valence-electron chi connectivity index (χ4n) is 4.89. The molecule has 0 radical (unpaired) electrons. The molecule has 7 nitrogen and oxygen atoms in total. The Morgan fingerprint density at radius 1 is 1.15 bits per heavy atom. The summed E-state index contributed by atoms with van der Waals surface area (Å²) in [5.74, 6) is -1.25. The summed E-state index contributed by atoms with van der Waals surface area (Å²) in [6.07, 6.45) is 2.26. The van der Waals surface area contributed by atoms with E-state index in [9.17, 15) is 9.59 Å². The van der Waals surface area contributed by atoms with Crippen LogP contribution in [0.5, 0.6) is 0 Å². The lowest BCUT2D eigenvalue weighted by molar-refractivity contribution is -0.246. The molecular weight excluding hydrogens is 352 g/mol. The first-order valence-electron chi connectivity index (χ1n) is 10.1. The van der Waals surface area contributed by atoms with Gasteiger partial charge >= 0.3 is 11.9 Å². The van der Waals surface area contributed by atoms with Crippen LogP contribution in [-0.4, -0.2) is 48.4 Å². The van der Waals surface area contributed by atoms with Gasteiger partial charge in [0.05, 0.1) is 5.41 Å². The molecule has 3 heterocycles. The lowest BCUT2D eigenvalue weighted by atomic mass is 9.84. The molecule has 0 amide bonds. The third-order valence-electron chi connectivity index (χ3n) is 5.99. The monoisotopic (exact) mass is 382 g/mol. The second kappa shape index (κ2) is 6.71. The van der Waals surface area contributed by atoms with Crippen LogP contribution < -0.4 is 0 Å². The topological polar surface area (TPSA) is 80.3 Å². The van der Waals surface area contributed by atoms with Gasteiger partial charge in [-0.3, -0.25) is 4.79 Å². The fraction of sp³-hybridized carbons (Fsp3) is 0.900. The van der Waals surface area contributed by atoms with Gasteiger partial charge in [0.1, 0.15) is 6.10 Å². The molecule has 0 aromatic carbocycles. The van der Waals surface area contributed by atoms with Crippen molar-refractivity contribution in [1.29, 1.82) is 0 Å². The molecular formula is C20H30O7. The minimum absolute atomic E-state index is 0.339. The number of ether oxygens (including phenoxy) is 5. The largest absolute Gasteiger partial charge is 0.454 e. The molecule has 4 rings (SSSR count). The minimum Gasteiger partial charge on any atom is -0.454 e. The maximum Gasteiger partial charge on any atom is 0.350 e. The third-order valence-corrected chi connectivity index (χ3v) is 5.99. The molecule has 5 atom stereocenters. The summed E-state index contributed by atoms with van der Waals surface area (Å²) in [6.45, 7) is 7.75. The lowest BCUT2D eigenvalue weighted by Gasteiger charge is -2.33. The number of hydrogen-bond acceptors (Lipinski definition) is 7. The Balaban J connectivity index is 1.42. The number of esters is 2. The second-order valence-corrected chi connectivity index (χ2v) is 9.35. The Morgan fingerprint density at radius 2 is 1.85 bits per heavy atom. The SMILES string of the molecule is CC(C)CC(C)(C)C(=O)OC1C(=O)O[C@@H]2[C@H]3OC4(CCCCC4)O[C@H]3O[C@H]12. The van der Waals surface area contributed by atoms with Crippen molar-refractivity contribution >= 4 is 11.9 Å². The molecule has 3 aliphatic heterocycles. The van der Waals surface area contributed by atoms with E-state index in [1.807, 2.05) is 27.7 Å². The van der Waals surface area contributed by atoms with Gasteiger partial charge in [-0.1, -0.05) is 20.3 Å². The lowest BCUT2D eigenvalue weighted by Crippen LogP contribution is -2.42. The van der Waals surface area contributed by atoms with Crippen molar-refractivity contribution in [3.8, 4) is 0 Å². The highest BCUT2D eigenvalue weighted by Crippen LogP contribution is 2.48. The predicted molar refractivity (Wildman–Crippen MR) is 93.4 cm³/mol. The Morgan fingerprint density at radius 3 is 2.52 bits per heavy atom. The standard InChI is InChI=1S/C20H30O7/c1-11(2)10-19(3,4)18(22)25-14-12-13(23-16(14)21)15-17(24-12)27-20(26-15)8-6-5-7-9-20/h11-15,17H,5-10H2,1-4H3/t12-,13-,14?,15+,17+/m0/s1. The van der Waals surface area contributed by atoms with E-state index < -0.39 is 53.8 Å². The average Bonchev–Trinajstić information content (AvgIpc) is 3.16. The van der Waals surface area contributed by atoms with Gasteiger partial charge in [0, 0.05) is 12.8 Å². The van der Waals surface area contributed by atoms with Crippen LogP contribution in [0.4, 0.5) is 0 Å². The van der Waals surface area contributed by atoms with Crippen LogP contribution in [0, 0.1) is 11.3 Å². The van der Waals surface area contributed by atoms with E-state index in [0.29, 0.717) is 12.3 Å².